The lowest BCUT2D eigenvalue weighted by atomic mass is 10.2. The van der Waals surface area contributed by atoms with Crippen molar-refractivity contribution in [2.75, 3.05) is 12.4 Å². The standard InChI is InChI=1S/C11H16OS/c1-9-3-5-11(6-4-9)13-8-10(2)7-12/h3-6,10,12H,7-8H2,1-2H3. The number of aliphatic hydroxyl groups is 1. The third-order valence-corrected chi connectivity index (χ3v) is 3.21. The van der Waals surface area contributed by atoms with Crippen molar-refractivity contribution < 1.29 is 5.11 Å². The summed E-state index contributed by atoms with van der Waals surface area (Å²) < 4.78 is 0. The van der Waals surface area contributed by atoms with Crippen LogP contribution in [0.1, 0.15) is 12.5 Å². The predicted molar refractivity (Wildman–Crippen MR) is 58.2 cm³/mol. The number of aliphatic hydroxyl groups excluding tert-OH is 1. The van der Waals surface area contributed by atoms with Crippen LogP contribution in [0.2, 0.25) is 0 Å². The molecule has 0 saturated carbocycles. The van der Waals surface area contributed by atoms with Crippen molar-refractivity contribution >= 4 is 11.8 Å². The molecular weight excluding hydrogens is 180 g/mol. The largest absolute Gasteiger partial charge is 0.396 e. The summed E-state index contributed by atoms with van der Waals surface area (Å²) >= 11 is 1.80. The molecule has 1 unspecified atom stereocenters. The lowest BCUT2D eigenvalue weighted by molar-refractivity contribution is 0.250. The minimum absolute atomic E-state index is 0.277. The van der Waals surface area contributed by atoms with Crippen LogP contribution in [0.4, 0.5) is 0 Å². The summed E-state index contributed by atoms with van der Waals surface area (Å²) in [6, 6.07) is 8.49. The summed E-state index contributed by atoms with van der Waals surface area (Å²) in [5, 5.41) is 8.84. The monoisotopic (exact) mass is 196 g/mol. The molecule has 0 aliphatic rings. The van der Waals surface area contributed by atoms with E-state index in [1.54, 1.807) is 11.8 Å². The SMILES string of the molecule is Cc1ccc(SCC(C)CO)cc1. The van der Waals surface area contributed by atoms with Crippen LogP contribution in [0.25, 0.3) is 0 Å². The van der Waals surface area contributed by atoms with Gasteiger partial charge in [-0.1, -0.05) is 24.6 Å². The van der Waals surface area contributed by atoms with Gasteiger partial charge in [-0.15, -0.1) is 11.8 Å². The highest BCUT2D eigenvalue weighted by molar-refractivity contribution is 7.99. The van der Waals surface area contributed by atoms with Gasteiger partial charge in [-0.25, -0.2) is 0 Å². The zero-order valence-corrected chi connectivity index (χ0v) is 8.97. The zero-order chi connectivity index (χ0) is 9.68. The molecule has 0 aliphatic carbocycles. The summed E-state index contributed by atoms with van der Waals surface area (Å²) in [7, 11) is 0. The Kier molecular flexibility index (Phi) is 4.33. The summed E-state index contributed by atoms with van der Waals surface area (Å²) in [5.74, 6) is 1.37. The minimum atomic E-state index is 0.277. The second-order valence-electron chi connectivity index (χ2n) is 3.41. The van der Waals surface area contributed by atoms with Crippen molar-refractivity contribution in [2.24, 2.45) is 5.92 Å². The third kappa shape index (κ3) is 3.83. The van der Waals surface area contributed by atoms with Crippen molar-refractivity contribution in [2.45, 2.75) is 18.7 Å². The number of thioether (sulfide) groups is 1. The number of hydrogen-bond acceptors (Lipinski definition) is 2. The summed E-state index contributed by atoms with van der Waals surface area (Å²) in [6.07, 6.45) is 0. The average molecular weight is 196 g/mol. The second-order valence-corrected chi connectivity index (χ2v) is 4.51. The quantitative estimate of drug-likeness (QED) is 0.747. The van der Waals surface area contributed by atoms with E-state index in [1.165, 1.54) is 10.5 Å². The van der Waals surface area contributed by atoms with Gasteiger partial charge in [-0.2, -0.15) is 0 Å². The maximum absolute atomic E-state index is 8.84. The van der Waals surface area contributed by atoms with Gasteiger partial charge in [0.05, 0.1) is 0 Å². The Morgan fingerprint density at radius 2 is 1.92 bits per heavy atom. The second kappa shape index (κ2) is 5.30. The Labute approximate surface area is 84.2 Å². The molecule has 0 fully saturated rings. The first-order chi connectivity index (χ1) is 6.22. The Morgan fingerprint density at radius 3 is 2.46 bits per heavy atom. The molecule has 1 N–H and O–H groups in total. The van der Waals surface area contributed by atoms with Crippen LogP contribution in [0.3, 0.4) is 0 Å². The Morgan fingerprint density at radius 1 is 1.31 bits per heavy atom. The van der Waals surface area contributed by atoms with Crippen molar-refractivity contribution in [1.29, 1.82) is 0 Å². The highest BCUT2D eigenvalue weighted by Gasteiger charge is 2.00. The lowest BCUT2D eigenvalue weighted by Gasteiger charge is -2.06. The van der Waals surface area contributed by atoms with Crippen LogP contribution in [-0.2, 0) is 0 Å². The normalized spacial score (nSPS) is 12.8. The molecule has 0 saturated heterocycles. The maximum Gasteiger partial charge on any atom is 0.0464 e. The summed E-state index contributed by atoms with van der Waals surface area (Å²) in [6.45, 7) is 4.42. The summed E-state index contributed by atoms with van der Waals surface area (Å²) in [4.78, 5) is 1.28. The minimum Gasteiger partial charge on any atom is -0.396 e. The van der Waals surface area contributed by atoms with Crippen molar-refractivity contribution in [3.63, 3.8) is 0 Å². The average Bonchev–Trinajstić information content (AvgIpc) is 2.16. The van der Waals surface area contributed by atoms with Gasteiger partial charge < -0.3 is 5.11 Å². The lowest BCUT2D eigenvalue weighted by Crippen LogP contribution is -2.02. The molecule has 13 heavy (non-hydrogen) atoms. The van der Waals surface area contributed by atoms with Crippen molar-refractivity contribution in [1.82, 2.24) is 0 Å². The molecule has 1 aromatic carbocycles. The van der Waals surface area contributed by atoms with Crippen LogP contribution in [0.5, 0.6) is 0 Å². The maximum atomic E-state index is 8.84. The molecule has 0 bridgehead atoms. The van der Waals surface area contributed by atoms with Crippen LogP contribution in [0, 0.1) is 12.8 Å². The fraction of sp³-hybridized carbons (Fsp3) is 0.455. The van der Waals surface area contributed by atoms with E-state index in [4.69, 9.17) is 5.11 Å². The molecule has 1 nitrogen and oxygen atoms in total. The van der Waals surface area contributed by atoms with Crippen molar-refractivity contribution in [3.8, 4) is 0 Å². The first-order valence-corrected chi connectivity index (χ1v) is 5.51. The smallest absolute Gasteiger partial charge is 0.0464 e. The fourth-order valence-electron chi connectivity index (χ4n) is 0.926. The topological polar surface area (TPSA) is 20.2 Å². The zero-order valence-electron chi connectivity index (χ0n) is 8.16. The first kappa shape index (κ1) is 10.6. The van der Waals surface area contributed by atoms with Gasteiger partial charge in [0.25, 0.3) is 0 Å². The number of benzene rings is 1. The van der Waals surface area contributed by atoms with E-state index in [1.807, 2.05) is 0 Å². The molecule has 72 valence electrons. The highest BCUT2D eigenvalue weighted by atomic mass is 32.2. The molecule has 0 amide bonds. The van der Waals surface area contributed by atoms with Gasteiger partial charge >= 0.3 is 0 Å². The van der Waals surface area contributed by atoms with Crippen LogP contribution >= 0.6 is 11.8 Å². The third-order valence-electron chi connectivity index (χ3n) is 1.87. The molecule has 1 atom stereocenters. The van der Waals surface area contributed by atoms with E-state index in [9.17, 15) is 0 Å². The van der Waals surface area contributed by atoms with Gasteiger partial charge in [0, 0.05) is 17.3 Å². The number of rotatable bonds is 4. The molecule has 1 rings (SSSR count). The molecule has 0 heterocycles. The molecule has 0 aliphatic heterocycles. The van der Waals surface area contributed by atoms with Crippen LogP contribution in [-0.4, -0.2) is 17.5 Å². The van der Waals surface area contributed by atoms with Gasteiger partial charge in [0.1, 0.15) is 0 Å². The first-order valence-electron chi connectivity index (χ1n) is 4.52. The van der Waals surface area contributed by atoms with E-state index in [2.05, 4.69) is 38.1 Å². The molecule has 0 radical (unpaired) electrons. The van der Waals surface area contributed by atoms with Crippen LogP contribution < -0.4 is 0 Å². The number of hydrogen-bond donors (Lipinski definition) is 1. The molecular formula is C11H16OS. The highest BCUT2D eigenvalue weighted by Crippen LogP contribution is 2.20. The molecule has 2 heteroatoms. The Bertz CT molecular complexity index is 243. The van der Waals surface area contributed by atoms with E-state index in [0.29, 0.717) is 5.92 Å². The van der Waals surface area contributed by atoms with E-state index in [0.717, 1.165) is 5.75 Å². The van der Waals surface area contributed by atoms with Gasteiger partial charge in [0.2, 0.25) is 0 Å². The van der Waals surface area contributed by atoms with Gasteiger partial charge in [0.15, 0.2) is 0 Å². The molecule has 0 aromatic heterocycles. The Hall–Kier alpha value is -0.470. The Balaban J connectivity index is 2.41. The summed E-state index contributed by atoms with van der Waals surface area (Å²) in [5.41, 5.74) is 1.29. The van der Waals surface area contributed by atoms with Crippen molar-refractivity contribution in [3.05, 3.63) is 29.8 Å². The molecule has 0 spiro atoms. The van der Waals surface area contributed by atoms with E-state index in [-0.39, 0.29) is 6.61 Å². The van der Waals surface area contributed by atoms with Gasteiger partial charge in [-0.3, -0.25) is 0 Å². The van der Waals surface area contributed by atoms with Gasteiger partial charge in [-0.05, 0) is 25.0 Å². The van der Waals surface area contributed by atoms with E-state index >= 15 is 0 Å². The number of aryl methyl sites for hydroxylation is 1. The fourth-order valence-corrected chi connectivity index (χ4v) is 1.84. The molecule has 1 aromatic rings. The van der Waals surface area contributed by atoms with Crippen LogP contribution in [0.15, 0.2) is 29.2 Å². The van der Waals surface area contributed by atoms with E-state index < -0.39 is 0 Å². The predicted octanol–water partition coefficient (Wildman–Crippen LogP) is 2.72.